The Morgan fingerprint density at radius 3 is 2.62 bits per heavy atom. The fourth-order valence-electron chi connectivity index (χ4n) is 1.93. The molecule has 0 saturated heterocycles. The number of nitrogens with one attached hydrogen (secondary N) is 1. The molecule has 1 N–H and O–H groups in total. The number of aryl methyl sites for hydroxylation is 1. The van der Waals surface area contributed by atoms with Gasteiger partial charge in [-0.05, 0) is 61.6 Å². The first kappa shape index (κ1) is 13.6. The maximum absolute atomic E-state index is 12.1. The molecule has 1 heterocycles. The van der Waals surface area contributed by atoms with Crippen LogP contribution in [0, 0.1) is 12.8 Å². The maximum atomic E-state index is 12.1. The van der Waals surface area contributed by atoms with Crippen molar-refractivity contribution in [2.45, 2.75) is 19.8 Å². The number of amides is 1. The van der Waals surface area contributed by atoms with Gasteiger partial charge in [-0.2, -0.15) is 0 Å². The highest BCUT2D eigenvalue weighted by molar-refractivity contribution is 6.03. The third-order valence-corrected chi connectivity index (χ3v) is 3.45. The highest BCUT2D eigenvalue weighted by atomic mass is 16.5. The summed E-state index contributed by atoms with van der Waals surface area (Å²) in [5.41, 5.74) is 1.65. The number of carbonyl (C=O) groups excluding carboxylic acids is 1. The summed E-state index contributed by atoms with van der Waals surface area (Å²) < 4.78 is 5.65. The van der Waals surface area contributed by atoms with Crippen molar-refractivity contribution in [1.82, 2.24) is 4.98 Å². The van der Waals surface area contributed by atoms with Crippen LogP contribution in [0.15, 0.2) is 42.6 Å². The minimum atomic E-state index is -0.167. The van der Waals surface area contributed by atoms with Gasteiger partial charge >= 0.3 is 0 Å². The highest BCUT2D eigenvalue weighted by Gasteiger charge is 2.21. The molecule has 0 atom stereocenters. The van der Waals surface area contributed by atoms with Crippen molar-refractivity contribution in [3.05, 3.63) is 53.7 Å². The lowest BCUT2D eigenvalue weighted by Crippen LogP contribution is -2.12. The van der Waals surface area contributed by atoms with Gasteiger partial charge in [0, 0.05) is 11.8 Å². The van der Waals surface area contributed by atoms with E-state index in [0.717, 1.165) is 23.8 Å². The molecule has 1 aromatic heterocycles. The molecule has 21 heavy (non-hydrogen) atoms. The van der Waals surface area contributed by atoms with Crippen molar-refractivity contribution >= 4 is 11.7 Å². The molecule has 108 valence electrons. The number of hydrogen-bond acceptors (Lipinski definition) is 3. The number of pyridine rings is 1. The zero-order valence-electron chi connectivity index (χ0n) is 12.0. The molecule has 0 aliphatic heterocycles. The number of benzene rings is 1. The molecule has 0 unspecified atom stereocenters. The molecule has 1 aliphatic rings. The second-order valence-corrected chi connectivity index (χ2v) is 5.45. The third kappa shape index (κ3) is 3.81. The van der Waals surface area contributed by atoms with Crippen LogP contribution in [0.25, 0.3) is 0 Å². The number of carbonyl (C=O) groups is 1. The van der Waals surface area contributed by atoms with Crippen molar-refractivity contribution < 1.29 is 9.53 Å². The van der Waals surface area contributed by atoms with Gasteiger partial charge in [-0.1, -0.05) is 6.07 Å². The summed E-state index contributed by atoms with van der Waals surface area (Å²) in [7, 11) is 0. The van der Waals surface area contributed by atoms with E-state index >= 15 is 0 Å². The van der Waals surface area contributed by atoms with E-state index in [1.807, 2.05) is 25.1 Å². The van der Waals surface area contributed by atoms with E-state index in [0.29, 0.717) is 11.4 Å². The summed E-state index contributed by atoms with van der Waals surface area (Å²) in [6.45, 7) is 2.73. The Kier molecular flexibility index (Phi) is 3.86. The summed E-state index contributed by atoms with van der Waals surface area (Å²) in [6, 6.07) is 10.9. The van der Waals surface area contributed by atoms with Gasteiger partial charge in [-0.3, -0.25) is 4.79 Å². The number of anilines is 1. The third-order valence-electron chi connectivity index (χ3n) is 3.45. The molecule has 4 nitrogen and oxygen atoms in total. The van der Waals surface area contributed by atoms with Gasteiger partial charge in [0.1, 0.15) is 11.6 Å². The van der Waals surface area contributed by atoms with E-state index < -0.39 is 0 Å². The van der Waals surface area contributed by atoms with Crippen LogP contribution in [-0.4, -0.2) is 17.5 Å². The van der Waals surface area contributed by atoms with Crippen LogP contribution >= 0.6 is 0 Å². The Balaban J connectivity index is 1.59. The van der Waals surface area contributed by atoms with Crippen LogP contribution in [0.1, 0.15) is 28.8 Å². The Labute approximate surface area is 124 Å². The zero-order valence-corrected chi connectivity index (χ0v) is 12.0. The van der Waals surface area contributed by atoms with Crippen LogP contribution in [0.3, 0.4) is 0 Å². The summed E-state index contributed by atoms with van der Waals surface area (Å²) in [6.07, 6.45) is 4.26. The van der Waals surface area contributed by atoms with E-state index in [9.17, 15) is 4.79 Å². The molecule has 1 amide bonds. The zero-order chi connectivity index (χ0) is 14.7. The number of nitrogens with zero attached hydrogens (tertiary/aromatic N) is 1. The average Bonchev–Trinajstić information content (AvgIpc) is 3.32. The van der Waals surface area contributed by atoms with E-state index in [1.54, 1.807) is 24.4 Å². The number of aromatic nitrogens is 1. The molecule has 1 aromatic carbocycles. The van der Waals surface area contributed by atoms with Crippen LogP contribution in [0.4, 0.5) is 5.82 Å². The largest absolute Gasteiger partial charge is 0.493 e. The van der Waals surface area contributed by atoms with Crippen molar-refractivity contribution in [3.63, 3.8) is 0 Å². The summed E-state index contributed by atoms with van der Waals surface area (Å²) in [5.74, 6) is 1.92. The highest BCUT2D eigenvalue weighted by Crippen LogP contribution is 2.29. The quantitative estimate of drug-likeness (QED) is 0.914. The first-order valence-corrected chi connectivity index (χ1v) is 7.17. The normalized spacial score (nSPS) is 13.8. The SMILES string of the molecule is Cc1ccc(NC(=O)c2ccc(OCC3CC3)cc2)nc1. The molecule has 1 saturated carbocycles. The number of hydrogen-bond donors (Lipinski definition) is 1. The Morgan fingerprint density at radius 2 is 2.00 bits per heavy atom. The van der Waals surface area contributed by atoms with E-state index in [1.165, 1.54) is 12.8 Å². The van der Waals surface area contributed by atoms with Crippen molar-refractivity contribution in [3.8, 4) is 5.75 Å². The van der Waals surface area contributed by atoms with Crippen molar-refractivity contribution in [1.29, 1.82) is 0 Å². The van der Waals surface area contributed by atoms with E-state index in [2.05, 4.69) is 10.3 Å². The van der Waals surface area contributed by atoms with Gasteiger partial charge in [0.15, 0.2) is 0 Å². The molecule has 1 fully saturated rings. The summed E-state index contributed by atoms with van der Waals surface area (Å²) in [5, 5.41) is 2.77. The fourth-order valence-corrected chi connectivity index (χ4v) is 1.93. The average molecular weight is 282 g/mol. The predicted molar refractivity (Wildman–Crippen MR) is 81.6 cm³/mol. The lowest BCUT2D eigenvalue weighted by Gasteiger charge is -2.07. The number of rotatable bonds is 5. The molecule has 0 radical (unpaired) electrons. The standard InChI is InChI=1S/C17H18N2O2/c1-12-2-9-16(18-10-12)19-17(20)14-5-7-15(8-6-14)21-11-13-3-4-13/h2,5-10,13H,3-4,11H2,1H3,(H,18,19,20). The lowest BCUT2D eigenvalue weighted by atomic mass is 10.2. The fraction of sp³-hybridized carbons (Fsp3) is 0.294. The molecule has 3 rings (SSSR count). The smallest absolute Gasteiger partial charge is 0.256 e. The molecule has 0 bridgehead atoms. The van der Waals surface area contributed by atoms with Crippen LogP contribution < -0.4 is 10.1 Å². The predicted octanol–water partition coefficient (Wildman–Crippen LogP) is 3.43. The summed E-state index contributed by atoms with van der Waals surface area (Å²) >= 11 is 0. The van der Waals surface area contributed by atoms with E-state index in [4.69, 9.17) is 4.74 Å². The minimum Gasteiger partial charge on any atom is -0.493 e. The van der Waals surface area contributed by atoms with Crippen molar-refractivity contribution in [2.75, 3.05) is 11.9 Å². The Hall–Kier alpha value is -2.36. The monoisotopic (exact) mass is 282 g/mol. The molecule has 1 aliphatic carbocycles. The van der Waals surface area contributed by atoms with Crippen LogP contribution in [-0.2, 0) is 0 Å². The van der Waals surface area contributed by atoms with Gasteiger partial charge in [0.05, 0.1) is 6.61 Å². The van der Waals surface area contributed by atoms with Crippen LogP contribution in [0.2, 0.25) is 0 Å². The van der Waals surface area contributed by atoms with Gasteiger partial charge in [-0.15, -0.1) is 0 Å². The number of ether oxygens (including phenoxy) is 1. The molecule has 2 aromatic rings. The second kappa shape index (κ2) is 5.95. The molecular weight excluding hydrogens is 264 g/mol. The minimum absolute atomic E-state index is 0.167. The molecular formula is C17H18N2O2. The molecule has 4 heteroatoms. The van der Waals surface area contributed by atoms with Crippen molar-refractivity contribution in [2.24, 2.45) is 5.92 Å². The summed E-state index contributed by atoms with van der Waals surface area (Å²) in [4.78, 5) is 16.3. The van der Waals surface area contributed by atoms with E-state index in [-0.39, 0.29) is 5.91 Å². The second-order valence-electron chi connectivity index (χ2n) is 5.45. The van der Waals surface area contributed by atoms with Gasteiger partial charge < -0.3 is 10.1 Å². The lowest BCUT2D eigenvalue weighted by molar-refractivity contribution is 0.102. The van der Waals surface area contributed by atoms with Gasteiger partial charge in [0.25, 0.3) is 5.91 Å². The first-order chi connectivity index (χ1) is 10.2. The van der Waals surface area contributed by atoms with Crippen LogP contribution in [0.5, 0.6) is 5.75 Å². The van der Waals surface area contributed by atoms with Gasteiger partial charge in [-0.25, -0.2) is 4.98 Å². The maximum Gasteiger partial charge on any atom is 0.256 e. The first-order valence-electron chi connectivity index (χ1n) is 7.17. The topological polar surface area (TPSA) is 51.2 Å². The Morgan fingerprint density at radius 1 is 1.24 bits per heavy atom. The molecule has 0 spiro atoms. The Bertz CT molecular complexity index is 616. The van der Waals surface area contributed by atoms with Gasteiger partial charge in [0.2, 0.25) is 0 Å².